The molecule has 10 unspecified atom stereocenters. The molecule has 0 radical (unpaired) electrons. The van der Waals surface area contributed by atoms with Gasteiger partial charge in [-0.2, -0.15) is 0 Å². The SMILES string of the molecule is CC12CCC3(C(=O)O)C(C1)C1=CC(=O)C4C5(C)CCC(=O)C(C)(C)C5CC(O)C4(C)C1(C)CC23. The van der Waals surface area contributed by atoms with E-state index in [-0.39, 0.29) is 46.1 Å². The van der Waals surface area contributed by atoms with Gasteiger partial charge in [0, 0.05) is 23.2 Å². The van der Waals surface area contributed by atoms with E-state index in [9.17, 15) is 24.6 Å². The van der Waals surface area contributed by atoms with E-state index in [1.807, 2.05) is 19.9 Å². The summed E-state index contributed by atoms with van der Waals surface area (Å²) in [7, 11) is 0. The second kappa shape index (κ2) is 6.07. The molecule has 34 heavy (non-hydrogen) atoms. The number of hydrogen-bond acceptors (Lipinski definition) is 4. The summed E-state index contributed by atoms with van der Waals surface area (Å²) in [6, 6.07) is 0. The van der Waals surface area contributed by atoms with Crippen LogP contribution in [0.1, 0.15) is 86.5 Å². The van der Waals surface area contributed by atoms with Crippen molar-refractivity contribution in [3.8, 4) is 0 Å². The van der Waals surface area contributed by atoms with Crippen molar-refractivity contribution in [2.45, 2.75) is 92.6 Å². The minimum Gasteiger partial charge on any atom is -0.481 e. The van der Waals surface area contributed by atoms with E-state index < -0.39 is 33.7 Å². The maximum absolute atomic E-state index is 14.1. The van der Waals surface area contributed by atoms with Gasteiger partial charge in [-0.05, 0) is 78.6 Å². The molecular formula is C29H40O5. The first-order valence-corrected chi connectivity index (χ1v) is 13.3. The average molecular weight is 469 g/mol. The van der Waals surface area contributed by atoms with Crippen LogP contribution >= 0.6 is 0 Å². The first-order chi connectivity index (χ1) is 15.6. The van der Waals surface area contributed by atoms with Crippen molar-refractivity contribution in [1.82, 2.24) is 0 Å². The fraction of sp³-hybridized carbons (Fsp3) is 0.828. The van der Waals surface area contributed by atoms with Crippen LogP contribution < -0.4 is 0 Å². The second-order valence-electron chi connectivity index (χ2n) is 14.5. The molecule has 0 aromatic carbocycles. The van der Waals surface area contributed by atoms with Crippen molar-refractivity contribution in [2.75, 3.05) is 0 Å². The zero-order valence-electron chi connectivity index (χ0n) is 21.5. The summed E-state index contributed by atoms with van der Waals surface area (Å²) in [4.78, 5) is 39.8. The molecule has 0 amide bonds. The van der Waals surface area contributed by atoms with Crippen molar-refractivity contribution in [3.05, 3.63) is 11.6 Å². The Balaban J connectivity index is 1.55. The van der Waals surface area contributed by atoms with Crippen molar-refractivity contribution in [1.29, 1.82) is 0 Å². The third-order valence-electron chi connectivity index (χ3n) is 13.3. The Labute approximate surface area is 202 Å². The number of carbonyl (C=O) groups is 3. The summed E-state index contributed by atoms with van der Waals surface area (Å²) in [5.41, 5.74) is -1.82. The summed E-state index contributed by atoms with van der Waals surface area (Å²) >= 11 is 0. The highest BCUT2D eigenvalue weighted by Gasteiger charge is 2.79. The Morgan fingerprint density at radius 3 is 2.29 bits per heavy atom. The van der Waals surface area contributed by atoms with Crippen molar-refractivity contribution >= 4 is 17.5 Å². The molecule has 6 aliphatic carbocycles. The predicted octanol–water partition coefficient (Wildman–Crippen LogP) is 4.81. The number of ketones is 2. The number of aliphatic hydroxyl groups is 1. The molecule has 5 nitrogen and oxygen atoms in total. The monoisotopic (exact) mass is 468 g/mol. The molecule has 5 saturated carbocycles. The zero-order valence-corrected chi connectivity index (χ0v) is 21.5. The van der Waals surface area contributed by atoms with E-state index in [4.69, 9.17) is 0 Å². The van der Waals surface area contributed by atoms with Gasteiger partial charge >= 0.3 is 5.97 Å². The highest BCUT2D eigenvalue weighted by Crippen LogP contribution is 2.81. The van der Waals surface area contributed by atoms with E-state index >= 15 is 0 Å². The Morgan fingerprint density at radius 2 is 1.65 bits per heavy atom. The summed E-state index contributed by atoms with van der Waals surface area (Å²) < 4.78 is 0. The number of rotatable bonds is 1. The first-order valence-electron chi connectivity index (χ1n) is 13.3. The Bertz CT molecular complexity index is 1070. The molecule has 6 aliphatic rings. The highest BCUT2D eigenvalue weighted by molar-refractivity contribution is 5.97. The molecule has 2 N–H and O–H groups in total. The van der Waals surface area contributed by atoms with Crippen LogP contribution in [-0.4, -0.2) is 33.9 Å². The van der Waals surface area contributed by atoms with E-state index in [1.165, 1.54) is 0 Å². The maximum Gasteiger partial charge on any atom is 0.310 e. The van der Waals surface area contributed by atoms with Crippen molar-refractivity contribution in [2.24, 2.45) is 56.2 Å². The van der Waals surface area contributed by atoms with Crippen molar-refractivity contribution in [3.63, 3.8) is 0 Å². The molecule has 6 rings (SSSR count). The van der Waals surface area contributed by atoms with Crippen LogP contribution in [0.25, 0.3) is 0 Å². The van der Waals surface area contributed by atoms with Gasteiger partial charge in [0.25, 0.3) is 0 Å². The lowest BCUT2D eigenvalue weighted by Gasteiger charge is -2.70. The molecular weight excluding hydrogens is 428 g/mol. The van der Waals surface area contributed by atoms with Gasteiger partial charge in [0.15, 0.2) is 5.78 Å². The molecule has 5 heteroatoms. The van der Waals surface area contributed by atoms with Gasteiger partial charge < -0.3 is 10.2 Å². The smallest absolute Gasteiger partial charge is 0.310 e. The van der Waals surface area contributed by atoms with Crippen LogP contribution in [0.2, 0.25) is 0 Å². The minimum atomic E-state index is -0.769. The lowest BCUT2D eigenvalue weighted by Crippen LogP contribution is -2.70. The number of aliphatic carboxylic acids is 1. The van der Waals surface area contributed by atoms with Gasteiger partial charge in [0.1, 0.15) is 5.78 Å². The Morgan fingerprint density at radius 1 is 0.971 bits per heavy atom. The first kappa shape index (κ1) is 22.9. The number of carboxylic acids is 1. The average Bonchev–Trinajstić information content (AvgIpc) is 3.12. The lowest BCUT2D eigenvalue weighted by molar-refractivity contribution is -0.223. The summed E-state index contributed by atoms with van der Waals surface area (Å²) in [5.74, 6) is -0.878. The molecule has 4 bridgehead atoms. The largest absolute Gasteiger partial charge is 0.481 e. The molecule has 0 heterocycles. The molecule has 10 atom stereocenters. The van der Waals surface area contributed by atoms with Gasteiger partial charge in [-0.1, -0.05) is 47.1 Å². The number of hydrogen-bond donors (Lipinski definition) is 2. The number of carboxylic acid groups (broad SMARTS) is 1. The Kier molecular flexibility index (Phi) is 4.10. The van der Waals surface area contributed by atoms with E-state index in [0.717, 1.165) is 24.8 Å². The second-order valence-corrected chi connectivity index (χ2v) is 14.5. The number of Topliss-reactive ketones (excluding diaryl/α,β-unsaturated/α-hetero) is 1. The standard InChI is InChI=1S/C29H40O5/c1-24(2)18-12-21(32)28(6)22(26(18,4)8-7-20(24)31)17(30)11-15-16-13-25(3)9-10-29(16,23(33)34)19(25)14-27(15,28)5/h11,16,18-19,21-22,32H,7-10,12-14H2,1-6H3,(H,33,34). The van der Waals surface area contributed by atoms with E-state index in [2.05, 4.69) is 27.7 Å². The lowest BCUT2D eigenvalue weighted by atomic mass is 9.33. The molecule has 0 saturated heterocycles. The number of allylic oxidation sites excluding steroid dienone is 2. The topological polar surface area (TPSA) is 91.7 Å². The van der Waals surface area contributed by atoms with Crippen LogP contribution in [0.3, 0.4) is 0 Å². The summed E-state index contributed by atoms with van der Waals surface area (Å²) in [6.45, 7) is 12.8. The molecule has 0 aliphatic heterocycles. The van der Waals surface area contributed by atoms with Gasteiger partial charge in [0.05, 0.1) is 11.5 Å². The predicted molar refractivity (Wildman–Crippen MR) is 127 cm³/mol. The van der Waals surface area contributed by atoms with Crippen LogP contribution in [-0.2, 0) is 14.4 Å². The summed E-state index contributed by atoms with van der Waals surface area (Å²) in [5, 5.41) is 22.4. The Hall–Kier alpha value is -1.49. The quantitative estimate of drug-likeness (QED) is 0.576. The van der Waals surface area contributed by atoms with Gasteiger partial charge in [0.2, 0.25) is 0 Å². The van der Waals surface area contributed by atoms with Crippen LogP contribution in [0, 0.1) is 56.2 Å². The third-order valence-corrected chi connectivity index (χ3v) is 13.3. The normalized spacial score (nSPS) is 56.9. The third kappa shape index (κ3) is 2.10. The molecule has 186 valence electrons. The van der Waals surface area contributed by atoms with Gasteiger partial charge in [-0.15, -0.1) is 0 Å². The fourth-order valence-corrected chi connectivity index (χ4v) is 11.4. The van der Waals surface area contributed by atoms with Gasteiger partial charge in [-0.25, -0.2) is 0 Å². The fourth-order valence-electron chi connectivity index (χ4n) is 11.4. The van der Waals surface area contributed by atoms with Crippen LogP contribution in [0.4, 0.5) is 0 Å². The molecule has 0 aromatic heterocycles. The maximum atomic E-state index is 14.1. The number of aliphatic hydroxyl groups excluding tert-OH is 1. The van der Waals surface area contributed by atoms with Crippen LogP contribution in [0.5, 0.6) is 0 Å². The van der Waals surface area contributed by atoms with Gasteiger partial charge in [-0.3, -0.25) is 14.4 Å². The number of fused-ring (bicyclic) bond motifs is 6. The summed E-state index contributed by atoms with van der Waals surface area (Å²) in [6.07, 6.45) is 5.99. The minimum absolute atomic E-state index is 0.0234. The van der Waals surface area contributed by atoms with E-state index in [0.29, 0.717) is 25.7 Å². The zero-order chi connectivity index (χ0) is 24.9. The number of carbonyl (C=O) groups excluding carboxylic acids is 2. The molecule has 0 spiro atoms. The molecule has 0 aromatic rings. The molecule has 5 fully saturated rings. The highest BCUT2D eigenvalue weighted by atomic mass is 16.4. The van der Waals surface area contributed by atoms with Crippen molar-refractivity contribution < 1.29 is 24.6 Å². The van der Waals surface area contributed by atoms with Crippen LogP contribution in [0.15, 0.2) is 11.6 Å². The van der Waals surface area contributed by atoms with E-state index in [1.54, 1.807) is 0 Å².